The van der Waals surface area contributed by atoms with Crippen molar-refractivity contribution in [2.24, 2.45) is 17.1 Å². The van der Waals surface area contributed by atoms with E-state index in [9.17, 15) is 4.79 Å². The van der Waals surface area contributed by atoms with E-state index in [4.69, 9.17) is 10.5 Å². The standard InChI is InChI=1S/C12H23NO2/c1-12(2,7-8-13)6-5-11(14)15-9-10-3-4-10/h10H,3-9,13H2,1-2H3. The Balaban J connectivity index is 2.08. The minimum Gasteiger partial charge on any atom is -0.465 e. The Morgan fingerprint density at radius 2 is 2.07 bits per heavy atom. The molecule has 0 aromatic rings. The lowest BCUT2D eigenvalue weighted by Gasteiger charge is -2.23. The molecule has 0 amide bonds. The summed E-state index contributed by atoms with van der Waals surface area (Å²) in [5.41, 5.74) is 5.67. The Kier molecular flexibility index (Phi) is 4.58. The Morgan fingerprint density at radius 3 is 2.60 bits per heavy atom. The van der Waals surface area contributed by atoms with E-state index >= 15 is 0 Å². The van der Waals surface area contributed by atoms with Crippen LogP contribution >= 0.6 is 0 Å². The summed E-state index contributed by atoms with van der Waals surface area (Å²) in [5.74, 6) is 0.609. The van der Waals surface area contributed by atoms with Gasteiger partial charge in [0.1, 0.15) is 0 Å². The molecular weight excluding hydrogens is 190 g/mol. The van der Waals surface area contributed by atoms with Crippen molar-refractivity contribution in [1.29, 1.82) is 0 Å². The molecule has 1 rings (SSSR count). The lowest BCUT2D eigenvalue weighted by molar-refractivity contribution is -0.144. The van der Waals surface area contributed by atoms with Crippen molar-refractivity contribution < 1.29 is 9.53 Å². The summed E-state index contributed by atoms with van der Waals surface area (Å²) in [6, 6.07) is 0. The van der Waals surface area contributed by atoms with E-state index < -0.39 is 0 Å². The van der Waals surface area contributed by atoms with Crippen LogP contribution in [0, 0.1) is 11.3 Å². The first-order valence-corrected chi connectivity index (χ1v) is 5.89. The van der Waals surface area contributed by atoms with Gasteiger partial charge in [0.15, 0.2) is 0 Å². The van der Waals surface area contributed by atoms with Crippen LogP contribution in [0.1, 0.15) is 46.0 Å². The molecule has 3 heteroatoms. The van der Waals surface area contributed by atoms with Gasteiger partial charge in [0, 0.05) is 6.42 Å². The summed E-state index contributed by atoms with van der Waals surface area (Å²) < 4.78 is 5.17. The van der Waals surface area contributed by atoms with Gasteiger partial charge in [-0.15, -0.1) is 0 Å². The third-order valence-corrected chi connectivity index (χ3v) is 3.00. The van der Waals surface area contributed by atoms with Gasteiger partial charge in [-0.05, 0) is 43.6 Å². The quantitative estimate of drug-likeness (QED) is 0.659. The number of carbonyl (C=O) groups is 1. The molecule has 2 N–H and O–H groups in total. The third-order valence-electron chi connectivity index (χ3n) is 3.00. The number of ether oxygens (including phenoxy) is 1. The van der Waals surface area contributed by atoms with Gasteiger partial charge in [-0.3, -0.25) is 4.79 Å². The number of hydrogen-bond acceptors (Lipinski definition) is 3. The Morgan fingerprint density at radius 1 is 1.40 bits per heavy atom. The third kappa shape index (κ3) is 5.78. The fourth-order valence-electron chi connectivity index (χ4n) is 1.52. The number of esters is 1. The highest BCUT2D eigenvalue weighted by Crippen LogP contribution is 2.29. The molecule has 0 heterocycles. The zero-order valence-electron chi connectivity index (χ0n) is 9.92. The molecule has 1 aliphatic carbocycles. The van der Waals surface area contributed by atoms with Crippen LogP contribution in [0.4, 0.5) is 0 Å². The molecular formula is C12H23NO2. The molecule has 0 unspecified atom stereocenters. The molecule has 0 bridgehead atoms. The molecule has 0 atom stereocenters. The van der Waals surface area contributed by atoms with Crippen molar-refractivity contribution in [3.63, 3.8) is 0 Å². The molecule has 15 heavy (non-hydrogen) atoms. The number of hydrogen-bond donors (Lipinski definition) is 1. The molecule has 1 fully saturated rings. The Bertz CT molecular complexity index is 210. The first kappa shape index (κ1) is 12.5. The second-order valence-electron chi connectivity index (χ2n) is 5.33. The van der Waals surface area contributed by atoms with Gasteiger partial charge in [0.05, 0.1) is 6.61 Å². The van der Waals surface area contributed by atoms with Crippen molar-refractivity contribution >= 4 is 5.97 Å². The average molecular weight is 213 g/mol. The van der Waals surface area contributed by atoms with E-state index in [0.717, 1.165) is 12.8 Å². The van der Waals surface area contributed by atoms with Gasteiger partial charge >= 0.3 is 5.97 Å². The number of carbonyl (C=O) groups excluding carboxylic acids is 1. The van der Waals surface area contributed by atoms with Crippen molar-refractivity contribution in [2.75, 3.05) is 13.2 Å². The zero-order valence-corrected chi connectivity index (χ0v) is 9.92. The fraction of sp³-hybridized carbons (Fsp3) is 0.917. The topological polar surface area (TPSA) is 52.3 Å². The molecule has 1 saturated carbocycles. The molecule has 0 aliphatic heterocycles. The lowest BCUT2D eigenvalue weighted by Crippen LogP contribution is -2.19. The summed E-state index contributed by atoms with van der Waals surface area (Å²) in [6.07, 6.45) is 4.81. The van der Waals surface area contributed by atoms with E-state index in [-0.39, 0.29) is 11.4 Å². The molecule has 0 saturated heterocycles. The first-order chi connectivity index (χ1) is 7.03. The van der Waals surface area contributed by atoms with Crippen molar-refractivity contribution in [1.82, 2.24) is 0 Å². The van der Waals surface area contributed by atoms with Gasteiger partial charge < -0.3 is 10.5 Å². The van der Waals surface area contributed by atoms with Crippen LogP contribution in [0.25, 0.3) is 0 Å². The molecule has 0 aromatic heterocycles. The summed E-state index contributed by atoms with van der Waals surface area (Å²) in [4.78, 5) is 11.4. The minimum atomic E-state index is -0.0491. The van der Waals surface area contributed by atoms with Crippen LogP contribution in [0.5, 0.6) is 0 Å². The van der Waals surface area contributed by atoms with Crippen LogP contribution in [0.15, 0.2) is 0 Å². The molecule has 0 radical (unpaired) electrons. The summed E-state index contributed by atoms with van der Waals surface area (Å²) in [5, 5.41) is 0. The van der Waals surface area contributed by atoms with Gasteiger partial charge in [0.25, 0.3) is 0 Å². The molecule has 88 valence electrons. The smallest absolute Gasteiger partial charge is 0.305 e. The highest BCUT2D eigenvalue weighted by molar-refractivity contribution is 5.69. The molecule has 0 spiro atoms. The maximum Gasteiger partial charge on any atom is 0.305 e. The maximum atomic E-state index is 11.4. The first-order valence-electron chi connectivity index (χ1n) is 5.89. The number of rotatable bonds is 7. The molecule has 3 nitrogen and oxygen atoms in total. The van der Waals surface area contributed by atoms with E-state index in [2.05, 4.69) is 13.8 Å². The zero-order chi connectivity index (χ0) is 11.3. The van der Waals surface area contributed by atoms with Crippen LogP contribution in [-0.2, 0) is 9.53 Å². The predicted octanol–water partition coefficient (Wildman–Crippen LogP) is 2.09. The van der Waals surface area contributed by atoms with Crippen molar-refractivity contribution in [2.45, 2.75) is 46.0 Å². The van der Waals surface area contributed by atoms with Crippen LogP contribution in [0.2, 0.25) is 0 Å². The van der Waals surface area contributed by atoms with E-state index in [1.165, 1.54) is 12.8 Å². The second-order valence-corrected chi connectivity index (χ2v) is 5.33. The lowest BCUT2D eigenvalue weighted by atomic mass is 9.84. The normalized spacial score (nSPS) is 16.5. The van der Waals surface area contributed by atoms with Gasteiger partial charge in [-0.1, -0.05) is 13.8 Å². The van der Waals surface area contributed by atoms with Crippen LogP contribution in [-0.4, -0.2) is 19.1 Å². The van der Waals surface area contributed by atoms with E-state index in [0.29, 0.717) is 25.5 Å². The molecule has 0 aromatic carbocycles. The van der Waals surface area contributed by atoms with Crippen LogP contribution < -0.4 is 5.73 Å². The second kappa shape index (κ2) is 5.50. The van der Waals surface area contributed by atoms with Gasteiger partial charge in [-0.2, -0.15) is 0 Å². The highest BCUT2D eigenvalue weighted by Gasteiger charge is 2.24. The number of nitrogens with two attached hydrogens (primary N) is 1. The molecule has 1 aliphatic rings. The Labute approximate surface area is 92.4 Å². The van der Waals surface area contributed by atoms with Gasteiger partial charge in [-0.25, -0.2) is 0 Å². The summed E-state index contributed by atoms with van der Waals surface area (Å²) in [6.45, 7) is 5.61. The van der Waals surface area contributed by atoms with E-state index in [1.807, 2.05) is 0 Å². The largest absolute Gasteiger partial charge is 0.465 e. The predicted molar refractivity (Wildman–Crippen MR) is 60.4 cm³/mol. The van der Waals surface area contributed by atoms with Crippen molar-refractivity contribution in [3.8, 4) is 0 Å². The van der Waals surface area contributed by atoms with Crippen molar-refractivity contribution in [3.05, 3.63) is 0 Å². The van der Waals surface area contributed by atoms with Gasteiger partial charge in [0.2, 0.25) is 0 Å². The van der Waals surface area contributed by atoms with Crippen LogP contribution in [0.3, 0.4) is 0 Å². The maximum absolute atomic E-state index is 11.4. The SMILES string of the molecule is CC(C)(CCN)CCC(=O)OCC1CC1. The summed E-state index contributed by atoms with van der Waals surface area (Å²) >= 11 is 0. The minimum absolute atomic E-state index is 0.0491. The average Bonchev–Trinajstić information content (AvgIpc) is 2.95. The van der Waals surface area contributed by atoms with E-state index in [1.54, 1.807) is 0 Å². The Hall–Kier alpha value is -0.570. The highest BCUT2D eigenvalue weighted by atomic mass is 16.5. The summed E-state index contributed by atoms with van der Waals surface area (Å²) in [7, 11) is 0. The monoisotopic (exact) mass is 213 g/mol. The fourth-order valence-corrected chi connectivity index (χ4v) is 1.52.